The van der Waals surface area contributed by atoms with Crippen LogP contribution in [0.25, 0.3) is 0 Å². The van der Waals surface area contributed by atoms with E-state index in [1.807, 2.05) is 0 Å². The van der Waals surface area contributed by atoms with Crippen molar-refractivity contribution in [3.8, 4) is 0 Å². The summed E-state index contributed by atoms with van der Waals surface area (Å²) in [6.45, 7) is 5.53. The fraction of sp³-hybridized carbons (Fsp3) is 0.550. The normalized spacial score (nSPS) is 22.2. The van der Waals surface area contributed by atoms with Gasteiger partial charge in [-0.2, -0.15) is 0 Å². The summed E-state index contributed by atoms with van der Waals surface area (Å²) in [6.07, 6.45) is -1.37. The van der Waals surface area contributed by atoms with Crippen LogP contribution in [0.5, 0.6) is 0 Å². The number of halogens is 1. The molecule has 2 unspecified atom stereocenters. The van der Waals surface area contributed by atoms with Gasteiger partial charge in [0.05, 0.1) is 6.61 Å². The highest BCUT2D eigenvalue weighted by Crippen LogP contribution is 2.39. The summed E-state index contributed by atoms with van der Waals surface area (Å²) in [6, 6.07) is 6.74. The number of rotatable bonds is 6. The number of methoxy groups -OCH3 is 1. The molecule has 1 amide bonds. The molecule has 0 aromatic heterocycles. The summed E-state index contributed by atoms with van der Waals surface area (Å²) < 4.78 is 11.5. The van der Waals surface area contributed by atoms with Crippen LogP contribution < -0.4 is 0 Å². The summed E-state index contributed by atoms with van der Waals surface area (Å²) in [5.74, 6) is -1.22. The van der Waals surface area contributed by atoms with Crippen molar-refractivity contribution in [1.82, 2.24) is 4.90 Å². The number of ketones is 1. The molecule has 154 valence electrons. The third-order valence-corrected chi connectivity index (χ3v) is 5.14. The number of Topliss-reactive ketones (excluding diaryl/α,β-unsaturated/α-hetero) is 1. The topological polar surface area (TPSA) is 93.1 Å². The predicted octanol–water partition coefficient (Wildman–Crippen LogP) is 3.75. The highest BCUT2D eigenvalue weighted by atomic mass is 79.9. The van der Waals surface area contributed by atoms with E-state index in [0.29, 0.717) is 12.2 Å². The molecule has 1 saturated heterocycles. The van der Waals surface area contributed by atoms with E-state index in [4.69, 9.17) is 9.47 Å². The summed E-state index contributed by atoms with van der Waals surface area (Å²) >= 11 is 3.32. The number of carboxylic acid groups (broad SMARTS) is 1. The van der Waals surface area contributed by atoms with Gasteiger partial charge >= 0.3 is 12.1 Å². The van der Waals surface area contributed by atoms with E-state index in [0.717, 1.165) is 9.37 Å². The van der Waals surface area contributed by atoms with Gasteiger partial charge in [0.25, 0.3) is 0 Å². The maximum absolute atomic E-state index is 13.1. The Hall–Kier alpha value is -1.93. The van der Waals surface area contributed by atoms with Gasteiger partial charge < -0.3 is 14.6 Å². The Kier molecular flexibility index (Phi) is 6.88. The molecule has 1 N–H and O–H groups in total. The summed E-state index contributed by atoms with van der Waals surface area (Å²) in [5, 5.41) is 9.76. The van der Waals surface area contributed by atoms with Gasteiger partial charge in [-0.25, -0.2) is 9.59 Å². The van der Waals surface area contributed by atoms with Crippen LogP contribution in [0.3, 0.4) is 0 Å². The zero-order valence-corrected chi connectivity index (χ0v) is 18.1. The Morgan fingerprint density at radius 2 is 1.86 bits per heavy atom. The number of hydrogen-bond acceptors (Lipinski definition) is 5. The van der Waals surface area contributed by atoms with Crippen molar-refractivity contribution in [1.29, 1.82) is 0 Å². The molecule has 0 saturated carbocycles. The van der Waals surface area contributed by atoms with Gasteiger partial charge in [0.1, 0.15) is 5.60 Å². The molecule has 0 bridgehead atoms. The molecule has 28 heavy (non-hydrogen) atoms. The van der Waals surface area contributed by atoms with Gasteiger partial charge in [-0.1, -0.05) is 28.1 Å². The number of ether oxygens (including phenoxy) is 2. The Morgan fingerprint density at radius 3 is 2.36 bits per heavy atom. The highest BCUT2D eigenvalue weighted by Gasteiger charge is 2.56. The molecular weight excluding hydrogens is 430 g/mol. The Bertz CT molecular complexity index is 742. The second-order valence-corrected chi connectivity index (χ2v) is 8.97. The molecule has 7 nitrogen and oxygen atoms in total. The van der Waals surface area contributed by atoms with Crippen molar-refractivity contribution in [2.24, 2.45) is 5.92 Å². The predicted molar refractivity (Wildman–Crippen MR) is 106 cm³/mol. The number of carbonyl (C=O) groups is 3. The molecular formula is C20H26BrNO6. The summed E-state index contributed by atoms with van der Waals surface area (Å²) in [4.78, 5) is 39.1. The molecule has 1 aromatic rings. The molecule has 0 radical (unpaired) electrons. The maximum Gasteiger partial charge on any atom is 0.408 e. The Balaban J connectivity index is 2.42. The molecule has 1 aliphatic heterocycles. The lowest BCUT2D eigenvalue weighted by Crippen LogP contribution is -2.56. The quantitative estimate of drug-likeness (QED) is 0.518. The van der Waals surface area contributed by atoms with Crippen molar-refractivity contribution in [3.05, 3.63) is 34.3 Å². The lowest BCUT2D eigenvalue weighted by atomic mass is 9.85. The van der Waals surface area contributed by atoms with Crippen molar-refractivity contribution < 1.29 is 29.0 Å². The van der Waals surface area contributed by atoms with Crippen molar-refractivity contribution >= 4 is 33.8 Å². The van der Waals surface area contributed by atoms with E-state index in [2.05, 4.69) is 15.9 Å². The molecule has 0 spiro atoms. The van der Waals surface area contributed by atoms with Gasteiger partial charge in [-0.05, 0) is 39.3 Å². The van der Waals surface area contributed by atoms with Crippen LogP contribution in [-0.2, 0) is 14.3 Å². The first-order chi connectivity index (χ1) is 13.0. The molecule has 1 aromatic carbocycles. The number of carbonyl (C=O) groups excluding carboxylic acids is 2. The van der Waals surface area contributed by atoms with Crippen LogP contribution in [0.2, 0.25) is 0 Å². The minimum absolute atomic E-state index is 0.107. The molecule has 0 aliphatic carbocycles. The number of likely N-dealkylation sites (tertiary alicyclic amines) is 1. The second kappa shape index (κ2) is 8.61. The van der Waals surface area contributed by atoms with E-state index in [1.54, 1.807) is 45.0 Å². The van der Waals surface area contributed by atoms with E-state index in [-0.39, 0.29) is 31.1 Å². The standard InChI is InChI=1S/C20H26BrNO6/c1-19(2,3)28-17(24)20(9-13(12-27-4)11-22(20)18(25)26)10-16(23)14-5-7-15(21)8-6-14/h5-8,13H,9-12H2,1-4H3,(H,25,26). The first kappa shape index (κ1) is 22.4. The fourth-order valence-electron chi connectivity index (χ4n) is 3.50. The Morgan fingerprint density at radius 1 is 1.25 bits per heavy atom. The number of nitrogens with zero attached hydrogens (tertiary/aromatic N) is 1. The van der Waals surface area contributed by atoms with Crippen LogP contribution in [-0.4, -0.2) is 59.3 Å². The highest BCUT2D eigenvalue weighted by molar-refractivity contribution is 9.10. The van der Waals surface area contributed by atoms with Crippen LogP contribution >= 0.6 is 15.9 Å². The molecule has 1 heterocycles. The average molecular weight is 456 g/mol. The SMILES string of the molecule is COCC1CN(C(=O)O)C(CC(=O)c2ccc(Br)cc2)(C(=O)OC(C)(C)C)C1. The van der Waals surface area contributed by atoms with Gasteiger partial charge in [0.2, 0.25) is 0 Å². The van der Waals surface area contributed by atoms with Gasteiger partial charge in [-0.15, -0.1) is 0 Å². The number of hydrogen-bond donors (Lipinski definition) is 1. The van der Waals surface area contributed by atoms with Crippen molar-refractivity contribution in [3.63, 3.8) is 0 Å². The monoisotopic (exact) mass is 455 g/mol. The third-order valence-electron chi connectivity index (χ3n) is 4.62. The lowest BCUT2D eigenvalue weighted by Gasteiger charge is -2.36. The average Bonchev–Trinajstić information content (AvgIpc) is 2.94. The maximum atomic E-state index is 13.1. The van der Waals surface area contributed by atoms with Crippen LogP contribution in [0.15, 0.2) is 28.7 Å². The number of amides is 1. The summed E-state index contributed by atoms with van der Waals surface area (Å²) in [7, 11) is 1.52. The van der Waals surface area contributed by atoms with Crippen LogP contribution in [0.4, 0.5) is 4.79 Å². The zero-order chi connectivity index (χ0) is 21.1. The van der Waals surface area contributed by atoms with Crippen molar-refractivity contribution in [2.45, 2.75) is 44.8 Å². The van der Waals surface area contributed by atoms with Crippen LogP contribution in [0, 0.1) is 5.92 Å². The smallest absolute Gasteiger partial charge is 0.408 e. The minimum atomic E-state index is -1.58. The second-order valence-electron chi connectivity index (χ2n) is 8.06. The third kappa shape index (κ3) is 5.11. The minimum Gasteiger partial charge on any atom is -0.465 e. The first-order valence-electron chi connectivity index (χ1n) is 9.00. The first-order valence-corrected chi connectivity index (χ1v) is 9.79. The largest absolute Gasteiger partial charge is 0.465 e. The molecule has 1 fully saturated rings. The van der Waals surface area contributed by atoms with E-state index in [9.17, 15) is 19.5 Å². The summed E-state index contributed by atoms with van der Waals surface area (Å²) in [5.41, 5.74) is -1.98. The van der Waals surface area contributed by atoms with E-state index < -0.39 is 23.2 Å². The molecule has 8 heteroatoms. The number of esters is 1. The van der Waals surface area contributed by atoms with E-state index >= 15 is 0 Å². The molecule has 2 rings (SSSR count). The van der Waals surface area contributed by atoms with Crippen LogP contribution in [0.1, 0.15) is 44.0 Å². The molecule has 2 atom stereocenters. The fourth-order valence-corrected chi connectivity index (χ4v) is 3.77. The molecule has 1 aliphatic rings. The lowest BCUT2D eigenvalue weighted by molar-refractivity contribution is -0.167. The zero-order valence-electron chi connectivity index (χ0n) is 16.5. The van der Waals surface area contributed by atoms with Gasteiger partial charge in [-0.3, -0.25) is 9.69 Å². The Labute approximate surface area is 173 Å². The van der Waals surface area contributed by atoms with Crippen molar-refractivity contribution in [2.75, 3.05) is 20.3 Å². The van der Waals surface area contributed by atoms with E-state index in [1.165, 1.54) is 7.11 Å². The number of benzene rings is 1. The van der Waals surface area contributed by atoms with Gasteiger partial charge in [0, 0.05) is 36.0 Å². The van der Waals surface area contributed by atoms with Gasteiger partial charge in [0.15, 0.2) is 11.3 Å².